The zero-order chi connectivity index (χ0) is 9.68. The number of rotatable bonds is 5. The number of oxazole rings is 1. The van der Waals surface area contributed by atoms with E-state index in [9.17, 15) is 0 Å². The molecular formula is C9H16N2O2. The predicted molar refractivity (Wildman–Crippen MR) is 49.3 cm³/mol. The second kappa shape index (κ2) is 4.87. The fourth-order valence-electron chi connectivity index (χ4n) is 0.830. The quantitative estimate of drug-likeness (QED) is 0.754. The summed E-state index contributed by atoms with van der Waals surface area (Å²) in [6.45, 7) is 5.31. The molecule has 0 spiro atoms. The number of nitrogens with two attached hydrogens (primary N) is 1. The summed E-state index contributed by atoms with van der Waals surface area (Å²) in [6.07, 6.45) is 2.84. The van der Waals surface area contributed by atoms with Crippen molar-refractivity contribution in [3.05, 3.63) is 12.0 Å². The van der Waals surface area contributed by atoms with Crippen LogP contribution in [0.1, 0.15) is 26.0 Å². The number of ether oxygens (including phenoxy) is 1. The van der Waals surface area contributed by atoms with E-state index in [1.165, 1.54) is 6.26 Å². The summed E-state index contributed by atoms with van der Waals surface area (Å²) >= 11 is 0. The molecule has 0 amide bonds. The molecule has 74 valence electrons. The van der Waals surface area contributed by atoms with Crippen molar-refractivity contribution in [2.75, 3.05) is 6.61 Å². The van der Waals surface area contributed by atoms with Crippen LogP contribution in [0.2, 0.25) is 0 Å². The average molecular weight is 184 g/mol. The third-order valence-corrected chi connectivity index (χ3v) is 1.66. The van der Waals surface area contributed by atoms with Crippen molar-refractivity contribution in [3.8, 4) is 6.08 Å². The van der Waals surface area contributed by atoms with Gasteiger partial charge in [0.25, 0.3) is 0 Å². The zero-order valence-corrected chi connectivity index (χ0v) is 8.12. The van der Waals surface area contributed by atoms with Crippen molar-refractivity contribution >= 4 is 0 Å². The van der Waals surface area contributed by atoms with Gasteiger partial charge in [-0.05, 0) is 12.3 Å². The van der Waals surface area contributed by atoms with Gasteiger partial charge in [-0.15, -0.1) is 0 Å². The molecule has 2 N–H and O–H groups in total. The first-order chi connectivity index (χ1) is 6.22. The van der Waals surface area contributed by atoms with Gasteiger partial charge < -0.3 is 14.9 Å². The first-order valence-electron chi connectivity index (χ1n) is 4.49. The first-order valence-corrected chi connectivity index (χ1v) is 4.49. The highest BCUT2D eigenvalue weighted by molar-refractivity contribution is 4.98. The van der Waals surface area contributed by atoms with E-state index in [0.29, 0.717) is 25.1 Å². The van der Waals surface area contributed by atoms with Gasteiger partial charge in [-0.2, -0.15) is 4.98 Å². The van der Waals surface area contributed by atoms with Gasteiger partial charge in [0.05, 0.1) is 12.3 Å². The average Bonchev–Trinajstić information content (AvgIpc) is 2.52. The topological polar surface area (TPSA) is 61.3 Å². The maximum atomic E-state index is 5.36. The van der Waals surface area contributed by atoms with E-state index in [2.05, 4.69) is 18.8 Å². The minimum absolute atomic E-state index is 0.320. The van der Waals surface area contributed by atoms with E-state index < -0.39 is 0 Å². The molecule has 1 heterocycles. The molecule has 0 aliphatic carbocycles. The monoisotopic (exact) mass is 184 g/mol. The van der Waals surface area contributed by atoms with Crippen LogP contribution in [0.25, 0.3) is 0 Å². The highest BCUT2D eigenvalue weighted by atomic mass is 16.6. The molecule has 0 fully saturated rings. The third-order valence-electron chi connectivity index (χ3n) is 1.66. The van der Waals surface area contributed by atoms with E-state index in [-0.39, 0.29) is 0 Å². The lowest BCUT2D eigenvalue weighted by atomic mass is 10.1. The summed E-state index contributed by atoms with van der Waals surface area (Å²) in [4.78, 5) is 4.01. The largest absolute Gasteiger partial charge is 0.450 e. The molecule has 0 aliphatic heterocycles. The Labute approximate surface area is 78.1 Å². The lowest BCUT2D eigenvalue weighted by Gasteiger charge is -2.03. The number of nitrogens with zero attached hydrogens (tertiary/aromatic N) is 1. The molecule has 1 rings (SSSR count). The van der Waals surface area contributed by atoms with Crippen molar-refractivity contribution in [1.82, 2.24) is 4.98 Å². The Balaban J connectivity index is 2.28. The Morgan fingerprint density at radius 1 is 1.62 bits per heavy atom. The molecule has 1 aromatic rings. The van der Waals surface area contributed by atoms with Crippen LogP contribution in [0.15, 0.2) is 10.7 Å². The molecule has 0 saturated carbocycles. The fraction of sp³-hybridized carbons (Fsp3) is 0.667. The van der Waals surface area contributed by atoms with Crippen LogP contribution >= 0.6 is 0 Å². The van der Waals surface area contributed by atoms with Crippen molar-refractivity contribution in [1.29, 1.82) is 0 Å². The van der Waals surface area contributed by atoms with Crippen molar-refractivity contribution < 1.29 is 9.15 Å². The van der Waals surface area contributed by atoms with Gasteiger partial charge in [0.2, 0.25) is 0 Å². The molecule has 0 aromatic carbocycles. The molecule has 1 aromatic heterocycles. The van der Waals surface area contributed by atoms with Crippen molar-refractivity contribution in [2.45, 2.75) is 26.8 Å². The Kier molecular flexibility index (Phi) is 3.76. The Morgan fingerprint density at radius 2 is 2.38 bits per heavy atom. The molecule has 13 heavy (non-hydrogen) atoms. The van der Waals surface area contributed by atoms with Gasteiger partial charge in [-0.1, -0.05) is 13.8 Å². The second-order valence-electron chi connectivity index (χ2n) is 3.34. The molecule has 0 saturated heterocycles. The van der Waals surface area contributed by atoms with Crippen LogP contribution < -0.4 is 10.5 Å². The Hall–Kier alpha value is -1.03. The highest BCUT2D eigenvalue weighted by Crippen LogP contribution is 2.10. The van der Waals surface area contributed by atoms with Crippen LogP contribution in [-0.2, 0) is 6.54 Å². The molecule has 0 aliphatic rings. The maximum absolute atomic E-state index is 5.36. The van der Waals surface area contributed by atoms with Crippen molar-refractivity contribution in [2.24, 2.45) is 11.7 Å². The predicted octanol–water partition coefficient (Wildman–Crippen LogP) is 1.56. The fourth-order valence-corrected chi connectivity index (χ4v) is 0.830. The van der Waals surface area contributed by atoms with Gasteiger partial charge in [0.1, 0.15) is 6.26 Å². The molecule has 0 radical (unpaired) electrons. The smallest absolute Gasteiger partial charge is 0.393 e. The highest BCUT2D eigenvalue weighted by Gasteiger charge is 2.03. The van der Waals surface area contributed by atoms with E-state index >= 15 is 0 Å². The van der Waals surface area contributed by atoms with E-state index in [4.69, 9.17) is 14.9 Å². The summed E-state index contributed by atoms with van der Waals surface area (Å²) in [5, 5.41) is 0. The molecule has 0 atom stereocenters. The van der Waals surface area contributed by atoms with E-state index in [1.54, 1.807) is 0 Å². The SMILES string of the molecule is CC(C)CCOc1nc(CN)co1. The van der Waals surface area contributed by atoms with E-state index in [0.717, 1.165) is 12.1 Å². The second-order valence-corrected chi connectivity index (χ2v) is 3.34. The maximum Gasteiger partial charge on any atom is 0.393 e. The van der Waals surface area contributed by atoms with Gasteiger partial charge in [-0.25, -0.2) is 0 Å². The summed E-state index contributed by atoms with van der Waals surface area (Å²) in [6, 6.07) is 0. The minimum Gasteiger partial charge on any atom is -0.450 e. The lowest BCUT2D eigenvalue weighted by Crippen LogP contribution is -2.02. The molecule has 0 unspecified atom stereocenters. The Morgan fingerprint density at radius 3 is 2.92 bits per heavy atom. The van der Waals surface area contributed by atoms with Gasteiger partial charge in [0, 0.05) is 6.54 Å². The summed E-state index contributed by atoms with van der Waals surface area (Å²) in [7, 11) is 0. The summed E-state index contributed by atoms with van der Waals surface area (Å²) in [5.41, 5.74) is 6.08. The molecule has 4 nitrogen and oxygen atoms in total. The van der Waals surface area contributed by atoms with Crippen molar-refractivity contribution in [3.63, 3.8) is 0 Å². The van der Waals surface area contributed by atoms with Gasteiger partial charge in [0.15, 0.2) is 0 Å². The van der Waals surface area contributed by atoms with Gasteiger partial charge in [-0.3, -0.25) is 0 Å². The summed E-state index contributed by atoms with van der Waals surface area (Å²) in [5.74, 6) is 0.629. The van der Waals surface area contributed by atoms with Crippen LogP contribution in [0.4, 0.5) is 0 Å². The van der Waals surface area contributed by atoms with Crippen LogP contribution in [-0.4, -0.2) is 11.6 Å². The minimum atomic E-state index is 0.320. The normalized spacial score (nSPS) is 10.8. The standard InChI is InChI=1S/C9H16N2O2/c1-7(2)3-4-12-9-11-8(5-10)6-13-9/h6-7H,3-5,10H2,1-2H3. The lowest BCUT2D eigenvalue weighted by molar-refractivity contribution is 0.216. The molecular weight excluding hydrogens is 168 g/mol. The molecule has 0 bridgehead atoms. The number of hydrogen-bond donors (Lipinski definition) is 1. The first kappa shape index (κ1) is 10.1. The van der Waals surface area contributed by atoms with Gasteiger partial charge >= 0.3 is 6.08 Å². The zero-order valence-electron chi connectivity index (χ0n) is 8.12. The van der Waals surface area contributed by atoms with Crippen LogP contribution in [0.5, 0.6) is 6.08 Å². The van der Waals surface area contributed by atoms with Crippen LogP contribution in [0.3, 0.4) is 0 Å². The van der Waals surface area contributed by atoms with Crippen LogP contribution in [0, 0.1) is 5.92 Å². The number of aromatic nitrogens is 1. The van der Waals surface area contributed by atoms with E-state index in [1.807, 2.05) is 0 Å². The third kappa shape index (κ3) is 3.46. The Bertz CT molecular complexity index is 246. The molecule has 4 heteroatoms. The summed E-state index contributed by atoms with van der Waals surface area (Å²) < 4.78 is 10.3. The number of hydrogen-bond acceptors (Lipinski definition) is 4.